The Morgan fingerprint density at radius 1 is 0.682 bits per heavy atom. The number of rotatable bonds is 8. The zero-order valence-electron chi connectivity index (χ0n) is 22.8. The number of esters is 1. The number of ketones is 1. The average molecular weight is 667 g/mol. The second-order valence-electron chi connectivity index (χ2n) is 9.82. The van der Waals surface area contributed by atoms with Gasteiger partial charge >= 0.3 is 5.97 Å². The number of nitrogens with zero attached hydrogens (tertiary/aromatic N) is 1. The van der Waals surface area contributed by atoms with E-state index in [0.29, 0.717) is 27.6 Å². The van der Waals surface area contributed by atoms with Crippen molar-refractivity contribution < 1.29 is 28.7 Å². The van der Waals surface area contributed by atoms with E-state index in [4.69, 9.17) is 21.1 Å². The molecule has 1 atom stereocenters. The number of halogens is 2. The summed E-state index contributed by atoms with van der Waals surface area (Å²) in [6.07, 6.45) is -1.22. The van der Waals surface area contributed by atoms with Crippen LogP contribution in [0.25, 0.3) is 0 Å². The number of hydrogen-bond donors (Lipinski definition) is 0. The van der Waals surface area contributed by atoms with Crippen LogP contribution in [0.15, 0.2) is 126 Å². The second-order valence-corrected chi connectivity index (χ2v) is 11.2. The summed E-state index contributed by atoms with van der Waals surface area (Å²) in [4.78, 5) is 54.1. The van der Waals surface area contributed by atoms with Crippen molar-refractivity contribution in [2.45, 2.75) is 6.10 Å². The van der Waals surface area contributed by atoms with Crippen LogP contribution in [0.4, 0.5) is 5.69 Å². The summed E-state index contributed by atoms with van der Waals surface area (Å²) < 4.78 is 12.5. The largest absolute Gasteiger partial charge is 0.457 e. The number of hydrogen-bond acceptors (Lipinski definition) is 6. The van der Waals surface area contributed by atoms with Crippen LogP contribution in [-0.4, -0.2) is 23.6 Å². The zero-order valence-corrected chi connectivity index (χ0v) is 25.1. The summed E-state index contributed by atoms with van der Waals surface area (Å²) in [5.41, 5.74) is 1.70. The Labute approximate surface area is 265 Å². The van der Waals surface area contributed by atoms with Crippen LogP contribution in [0.2, 0.25) is 5.02 Å². The van der Waals surface area contributed by atoms with Gasteiger partial charge in [-0.15, -0.1) is 0 Å². The monoisotopic (exact) mass is 665 g/mol. The minimum Gasteiger partial charge on any atom is -0.457 e. The van der Waals surface area contributed by atoms with Gasteiger partial charge in [-0.3, -0.25) is 14.4 Å². The number of fused-ring (bicyclic) bond motifs is 1. The average Bonchev–Trinajstić information content (AvgIpc) is 3.30. The van der Waals surface area contributed by atoms with Crippen molar-refractivity contribution in [3.63, 3.8) is 0 Å². The van der Waals surface area contributed by atoms with Gasteiger partial charge in [-0.2, -0.15) is 0 Å². The molecule has 7 nitrogen and oxygen atoms in total. The maximum atomic E-state index is 13.3. The standard InChI is InChI=1S/C35H21BrClNO6/c36-24-10-16-27(17-11-24)43-28-18-19-29-30(20-28)34(41)38(33(29)40)26-14-8-23(9-15-26)35(42)44-32(22-6-12-25(37)13-7-22)31(39)21-4-2-1-3-5-21/h1-20,32H/t32-/m1/s1. The first-order chi connectivity index (χ1) is 21.3. The molecule has 1 aliphatic heterocycles. The van der Waals surface area contributed by atoms with Crippen LogP contribution in [0, 0.1) is 0 Å². The summed E-state index contributed by atoms with van der Waals surface area (Å²) in [6.45, 7) is 0. The van der Waals surface area contributed by atoms with E-state index < -0.39 is 29.7 Å². The maximum Gasteiger partial charge on any atom is 0.339 e. The predicted octanol–water partition coefficient (Wildman–Crippen LogP) is 8.48. The van der Waals surface area contributed by atoms with E-state index in [2.05, 4.69) is 15.9 Å². The van der Waals surface area contributed by atoms with Crippen LogP contribution < -0.4 is 9.64 Å². The van der Waals surface area contributed by atoms with E-state index in [1.54, 1.807) is 78.9 Å². The molecule has 5 aromatic rings. The van der Waals surface area contributed by atoms with Crippen LogP contribution in [-0.2, 0) is 4.74 Å². The quantitative estimate of drug-likeness (QED) is 0.0938. The Morgan fingerprint density at radius 2 is 1.32 bits per heavy atom. The third-order valence-corrected chi connectivity index (χ3v) is 7.74. The molecule has 6 rings (SSSR count). The van der Waals surface area contributed by atoms with Crippen LogP contribution in [0.5, 0.6) is 11.5 Å². The van der Waals surface area contributed by atoms with Crippen molar-refractivity contribution in [3.05, 3.63) is 159 Å². The number of carbonyl (C=O) groups excluding carboxylic acids is 4. The summed E-state index contributed by atoms with van der Waals surface area (Å²) in [7, 11) is 0. The van der Waals surface area contributed by atoms with Gasteiger partial charge in [0.1, 0.15) is 11.5 Å². The minimum atomic E-state index is -1.22. The first-order valence-corrected chi connectivity index (χ1v) is 14.6. The molecule has 0 unspecified atom stereocenters. The molecule has 0 aliphatic carbocycles. The van der Waals surface area contributed by atoms with Gasteiger partial charge in [0.2, 0.25) is 5.78 Å². The molecule has 0 spiro atoms. The Hall–Kier alpha value is -5.05. The lowest BCUT2D eigenvalue weighted by atomic mass is 9.99. The fraction of sp³-hybridized carbons (Fsp3) is 0.0286. The highest BCUT2D eigenvalue weighted by molar-refractivity contribution is 9.10. The lowest BCUT2D eigenvalue weighted by Crippen LogP contribution is -2.29. The lowest BCUT2D eigenvalue weighted by molar-refractivity contribution is 0.0280. The van der Waals surface area contributed by atoms with E-state index in [1.807, 2.05) is 12.1 Å². The summed E-state index contributed by atoms with van der Waals surface area (Å²) in [6, 6.07) is 32.8. The van der Waals surface area contributed by atoms with Gasteiger partial charge in [-0.05, 0) is 78.9 Å². The molecule has 0 saturated carbocycles. The minimum absolute atomic E-state index is 0.135. The number of anilines is 1. The van der Waals surface area contributed by atoms with Crippen LogP contribution in [0.1, 0.15) is 53.1 Å². The summed E-state index contributed by atoms with van der Waals surface area (Å²) >= 11 is 9.40. The molecule has 0 aromatic heterocycles. The molecule has 0 N–H and O–H groups in total. The molecule has 1 heterocycles. The number of ether oxygens (including phenoxy) is 2. The molecule has 44 heavy (non-hydrogen) atoms. The zero-order chi connectivity index (χ0) is 30.8. The lowest BCUT2D eigenvalue weighted by Gasteiger charge is -2.18. The molecule has 0 saturated heterocycles. The van der Waals surface area contributed by atoms with E-state index in [1.165, 1.54) is 30.3 Å². The molecule has 0 fully saturated rings. The topological polar surface area (TPSA) is 90.0 Å². The highest BCUT2D eigenvalue weighted by Gasteiger charge is 2.37. The van der Waals surface area contributed by atoms with Crippen molar-refractivity contribution in [1.82, 2.24) is 0 Å². The maximum absolute atomic E-state index is 13.3. The number of amides is 2. The van der Waals surface area contributed by atoms with E-state index >= 15 is 0 Å². The fourth-order valence-electron chi connectivity index (χ4n) is 4.74. The van der Waals surface area contributed by atoms with Crippen LogP contribution >= 0.6 is 27.5 Å². The van der Waals surface area contributed by atoms with Gasteiger partial charge in [0, 0.05) is 20.6 Å². The predicted molar refractivity (Wildman–Crippen MR) is 169 cm³/mol. The van der Waals surface area contributed by atoms with Gasteiger partial charge in [0.05, 0.1) is 22.4 Å². The third kappa shape index (κ3) is 5.90. The Morgan fingerprint density at radius 3 is 2.00 bits per heavy atom. The molecule has 9 heteroatoms. The van der Waals surface area contributed by atoms with Crippen molar-refractivity contribution in [3.8, 4) is 11.5 Å². The molecular weight excluding hydrogens is 646 g/mol. The summed E-state index contributed by atoms with van der Waals surface area (Å²) in [5, 5.41) is 0.475. The van der Waals surface area contributed by atoms with Crippen LogP contribution in [0.3, 0.4) is 0 Å². The number of carbonyl (C=O) groups is 4. The second kappa shape index (κ2) is 12.3. The van der Waals surface area contributed by atoms with Gasteiger partial charge in [-0.1, -0.05) is 70.0 Å². The normalized spacial score (nSPS) is 12.9. The Balaban J connectivity index is 1.20. The van der Waals surface area contributed by atoms with E-state index in [9.17, 15) is 19.2 Å². The summed E-state index contributed by atoms with van der Waals surface area (Å²) in [5.74, 6) is -1.17. The fourth-order valence-corrected chi connectivity index (χ4v) is 5.13. The molecule has 5 aromatic carbocycles. The third-order valence-electron chi connectivity index (χ3n) is 6.96. The number of benzene rings is 5. The van der Waals surface area contributed by atoms with Gasteiger partial charge < -0.3 is 9.47 Å². The SMILES string of the molecule is O=C(O[C@@H](C(=O)c1ccccc1)c1ccc(Cl)cc1)c1ccc(N2C(=O)c3ccc(Oc4ccc(Br)cc4)cc3C2=O)cc1. The number of imide groups is 1. The van der Waals surface area contributed by atoms with Crippen molar-refractivity contribution in [2.75, 3.05) is 4.90 Å². The molecular formula is C35H21BrClNO6. The highest BCUT2D eigenvalue weighted by atomic mass is 79.9. The first-order valence-electron chi connectivity index (χ1n) is 13.4. The smallest absolute Gasteiger partial charge is 0.339 e. The molecule has 216 valence electrons. The first kappa shape index (κ1) is 29.0. The van der Waals surface area contributed by atoms with Crippen molar-refractivity contribution in [1.29, 1.82) is 0 Å². The molecule has 0 bridgehead atoms. The molecule has 2 amide bonds. The number of Topliss-reactive ketones (excluding diaryl/α,β-unsaturated/α-hetero) is 1. The highest BCUT2D eigenvalue weighted by Crippen LogP contribution is 2.33. The Bertz CT molecular complexity index is 1890. The van der Waals surface area contributed by atoms with E-state index in [-0.39, 0.29) is 22.4 Å². The molecule has 0 radical (unpaired) electrons. The Kier molecular flexibility index (Phi) is 8.11. The molecule has 1 aliphatic rings. The van der Waals surface area contributed by atoms with Crippen molar-refractivity contribution >= 4 is 56.8 Å². The van der Waals surface area contributed by atoms with Gasteiger partial charge in [0.15, 0.2) is 6.10 Å². The van der Waals surface area contributed by atoms with Crippen molar-refractivity contribution in [2.24, 2.45) is 0 Å². The van der Waals surface area contributed by atoms with Gasteiger partial charge in [0.25, 0.3) is 11.8 Å². The van der Waals surface area contributed by atoms with E-state index in [0.717, 1.165) is 9.37 Å². The van der Waals surface area contributed by atoms with Gasteiger partial charge in [-0.25, -0.2) is 9.69 Å².